The molecule has 46 valence electrons. The van der Waals surface area contributed by atoms with Gasteiger partial charge in [-0.05, 0) is 11.4 Å². The standard InChI is InChI=1S/C6H5NOS/c8-5-3-7-6-4(5)1-2-9-6/h1-2,7H,3H2. The topological polar surface area (TPSA) is 29.1 Å². The van der Waals surface area contributed by atoms with E-state index in [1.54, 1.807) is 11.3 Å². The zero-order valence-electron chi connectivity index (χ0n) is 4.68. The minimum absolute atomic E-state index is 0.214. The van der Waals surface area contributed by atoms with Crippen LogP contribution < -0.4 is 5.32 Å². The molecule has 0 aliphatic carbocycles. The Morgan fingerprint density at radius 2 is 2.56 bits per heavy atom. The number of carbonyl (C=O) groups is 1. The molecular formula is C6H5NOS. The van der Waals surface area contributed by atoms with E-state index in [0.717, 1.165) is 10.6 Å². The van der Waals surface area contributed by atoms with Crippen molar-refractivity contribution < 1.29 is 4.79 Å². The number of thiophene rings is 1. The molecule has 1 aliphatic heterocycles. The summed E-state index contributed by atoms with van der Waals surface area (Å²) in [4.78, 5) is 10.9. The van der Waals surface area contributed by atoms with Crippen molar-refractivity contribution >= 4 is 22.1 Å². The van der Waals surface area contributed by atoms with Gasteiger partial charge in [-0.2, -0.15) is 0 Å². The van der Waals surface area contributed by atoms with Crippen LogP contribution in [0.4, 0.5) is 5.00 Å². The van der Waals surface area contributed by atoms with Crippen LogP contribution in [-0.2, 0) is 0 Å². The molecule has 0 saturated heterocycles. The third-order valence-electron chi connectivity index (χ3n) is 1.38. The number of hydrogen-bond acceptors (Lipinski definition) is 3. The van der Waals surface area contributed by atoms with Gasteiger partial charge in [0.1, 0.15) is 0 Å². The molecule has 9 heavy (non-hydrogen) atoms. The Labute approximate surface area is 56.5 Å². The highest BCUT2D eigenvalue weighted by Crippen LogP contribution is 2.27. The maximum atomic E-state index is 10.9. The van der Waals surface area contributed by atoms with E-state index in [-0.39, 0.29) is 5.78 Å². The first-order valence-electron chi connectivity index (χ1n) is 2.72. The number of Topliss-reactive ketones (excluding diaryl/α,β-unsaturated/α-hetero) is 1. The van der Waals surface area contributed by atoms with Crippen molar-refractivity contribution in [2.45, 2.75) is 0 Å². The van der Waals surface area contributed by atoms with Gasteiger partial charge in [0.05, 0.1) is 17.1 Å². The van der Waals surface area contributed by atoms with Crippen molar-refractivity contribution in [3.8, 4) is 0 Å². The monoisotopic (exact) mass is 139 g/mol. The molecule has 0 radical (unpaired) electrons. The molecular weight excluding hydrogens is 134 g/mol. The highest BCUT2D eigenvalue weighted by molar-refractivity contribution is 7.14. The summed E-state index contributed by atoms with van der Waals surface area (Å²) < 4.78 is 0. The highest BCUT2D eigenvalue weighted by Gasteiger charge is 2.18. The quantitative estimate of drug-likeness (QED) is 0.588. The number of hydrogen-bond donors (Lipinski definition) is 1. The van der Waals surface area contributed by atoms with E-state index < -0.39 is 0 Å². The van der Waals surface area contributed by atoms with Crippen molar-refractivity contribution in [2.75, 3.05) is 11.9 Å². The normalized spacial score (nSPS) is 15.3. The third kappa shape index (κ3) is 0.580. The van der Waals surface area contributed by atoms with Gasteiger partial charge in [0, 0.05) is 0 Å². The van der Waals surface area contributed by atoms with E-state index in [4.69, 9.17) is 0 Å². The number of fused-ring (bicyclic) bond motifs is 1. The zero-order chi connectivity index (χ0) is 6.27. The lowest BCUT2D eigenvalue weighted by Crippen LogP contribution is -2.00. The number of nitrogens with one attached hydrogen (secondary N) is 1. The minimum Gasteiger partial charge on any atom is -0.369 e. The Morgan fingerprint density at radius 1 is 1.67 bits per heavy atom. The minimum atomic E-state index is 0.214. The summed E-state index contributed by atoms with van der Waals surface area (Å²) in [5.74, 6) is 0.214. The van der Waals surface area contributed by atoms with Gasteiger partial charge in [-0.1, -0.05) is 0 Å². The van der Waals surface area contributed by atoms with Gasteiger partial charge in [0.15, 0.2) is 5.78 Å². The third-order valence-corrected chi connectivity index (χ3v) is 2.25. The van der Waals surface area contributed by atoms with Gasteiger partial charge in [0.25, 0.3) is 0 Å². The van der Waals surface area contributed by atoms with Gasteiger partial charge >= 0.3 is 0 Å². The smallest absolute Gasteiger partial charge is 0.184 e. The summed E-state index contributed by atoms with van der Waals surface area (Å²) in [6.07, 6.45) is 0. The predicted octanol–water partition coefficient (Wildman–Crippen LogP) is 1.36. The van der Waals surface area contributed by atoms with Gasteiger partial charge < -0.3 is 5.32 Å². The number of anilines is 1. The summed E-state index contributed by atoms with van der Waals surface area (Å²) in [7, 11) is 0. The number of rotatable bonds is 0. The predicted molar refractivity (Wildman–Crippen MR) is 37.1 cm³/mol. The molecule has 0 atom stereocenters. The lowest BCUT2D eigenvalue weighted by atomic mass is 10.2. The van der Waals surface area contributed by atoms with E-state index in [1.807, 2.05) is 11.4 Å². The molecule has 2 nitrogen and oxygen atoms in total. The Bertz CT molecular complexity index is 253. The van der Waals surface area contributed by atoms with Crippen LogP contribution in [0.1, 0.15) is 10.4 Å². The molecule has 0 spiro atoms. The van der Waals surface area contributed by atoms with Crippen molar-refractivity contribution in [1.82, 2.24) is 0 Å². The molecule has 0 fully saturated rings. The largest absolute Gasteiger partial charge is 0.369 e. The maximum absolute atomic E-state index is 10.9. The molecule has 1 N–H and O–H groups in total. The molecule has 2 rings (SSSR count). The first kappa shape index (κ1) is 4.99. The summed E-state index contributed by atoms with van der Waals surface area (Å²) in [6, 6.07) is 1.86. The molecule has 0 unspecified atom stereocenters. The maximum Gasteiger partial charge on any atom is 0.184 e. The van der Waals surface area contributed by atoms with Crippen LogP contribution in [0.15, 0.2) is 11.4 Å². The molecule has 0 bridgehead atoms. The molecule has 0 amide bonds. The van der Waals surface area contributed by atoms with E-state index in [2.05, 4.69) is 5.32 Å². The molecule has 2 heterocycles. The average Bonchev–Trinajstić information content (AvgIpc) is 2.35. The van der Waals surface area contributed by atoms with Crippen LogP contribution in [0.3, 0.4) is 0 Å². The molecule has 0 saturated carbocycles. The fourth-order valence-corrected chi connectivity index (χ4v) is 1.73. The fraction of sp³-hybridized carbons (Fsp3) is 0.167. The molecule has 1 aromatic rings. The van der Waals surface area contributed by atoms with Crippen LogP contribution in [0.25, 0.3) is 0 Å². The number of carbonyl (C=O) groups excluding carboxylic acids is 1. The fourth-order valence-electron chi connectivity index (χ4n) is 0.922. The van der Waals surface area contributed by atoms with Crippen molar-refractivity contribution in [3.63, 3.8) is 0 Å². The SMILES string of the molecule is O=C1CNc2sccc21. The van der Waals surface area contributed by atoms with Crippen LogP contribution in [0.5, 0.6) is 0 Å². The highest BCUT2D eigenvalue weighted by atomic mass is 32.1. The summed E-state index contributed by atoms with van der Waals surface area (Å²) >= 11 is 1.58. The summed E-state index contributed by atoms with van der Waals surface area (Å²) in [6.45, 7) is 0.488. The first-order valence-corrected chi connectivity index (χ1v) is 3.60. The lowest BCUT2D eigenvalue weighted by Gasteiger charge is -1.84. The molecule has 1 aliphatic rings. The van der Waals surface area contributed by atoms with Crippen LogP contribution in [0.2, 0.25) is 0 Å². The van der Waals surface area contributed by atoms with Gasteiger partial charge in [-0.15, -0.1) is 11.3 Å². The summed E-state index contributed by atoms with van der Waals surface area (Å²) in [5, 5.41) is 5.95. The van der Waals surface area contributed by atoms with Gasteiger partial charge in [-0.25, -0.2) is 0 Å². The molecule has 1 aromatic heterocycles. The van der Waals surface area contributed by atoms with E-state index >= 15 is 0 Å². The zero-order valence-corrected chi connectivity index (χ0v) is 5.49. The Kier molecular flexibility index (Phi) is 0.873. The van der Waals surface area contributed by atoms with Gasteiger partial charge in [-0.3, -0.25) is 4.79 Å². The van der Waals surface area contributed by atoms with Gasteiger partial charge in [0.2, 0.25) is 0 Å². The Morgan fingerprint density at radius 3 is 3.33 bits per heavy atom. The van der Waals surface area contributed by atoms with Crippen LogP contribution in [0, 0.1) is 0 Å². The van der Waals surface area contributed by atoms with Crippen LogP contribution in [-0.4, -0.2) is 12.3 Å². The van der Waals surface area contributed by atoms with E-state index in [1.165, 1.54) is 0 Å². The second-order valence-corrected chi connectivity index (χ2v) is 2.86. The average molecular weight is 139 g/mol. The van der Waals surface area contributed by atoms with E-state index in [9.17, 15) is 4.79 Å². The molecule has 0 aromatic carbocycles. The Balaban J connectivity index is 2.61. The molecule has 3 heteroatoms. The van der Waals surface area contributed by atoms with Crippen molar-refractivity contribution in [3.05, 3.63) is 17.0 Å². The Hall–Kier alpha value is -0.830. The second-order valence-electron chi connectivity index (χ2n) is 1.94. The van der Waals surface area contributed by atoms with Crippen LogP contribution >= 0.6 is 11.3 Å². The second kappa shape index (κ2) is 1.57. The number of ketones is 1. The van der Waals surface area contributed by atoms with Crippen molar-refractivity contribution in [1.29, 1.82) is 0 Å². The van der Waals surface area contributed by atoms with E-state index in [0.29, 0.717) is 6.54 Å². The summed E-state index contributed by atoms with van der Waals surface area (Å²) in [5.41, 5.74) is 0.861. The first-order chi connectivity index (χ1) is 4.38. The lowest BCUT2D eigenvalue weighted by molar-refractivity contribution is 0.101. The van der Waals surface area contributed by atoms with Crippen molar-refractivity contribution in [2.24, 2.45) is 0 Å².